The number of aromatic nitrogens is 2. The monoisotopic (exact) mass is 347 g/mol. The summed E-state index contributed by atoms with van der Waals surface area (Å²) in [6, 6.07) is 15.7. The summed E-state index contributed by atoms with van der Waals surface area (Å²) in [4.78, 5) is 17.1. The van der Waals surface area contributed by atoms with Gasteiger partial charge in [0.1, 0.15) is 0 Å². The summed E-state index contributed by atoms with van der Waals surface area (Å²) in [5, 5.41) is 8.18. The molecule has 1 aromatic carbocycles. The molecule has 25 heavy (non-hydrogen) atoms. The quantitative estimate of drug-likeness (QED) is 0.568. The Morgan fingerprint density at radius 2 is 1.96 bits per heavy atom. The highest BCUT2D eigenvalue weighted by atomic mass is 32.1. The summed E-state index contributed by atoms with van der Waals surface area (Å²) in [6.45, 7) is 0. The molecule has 0 aliphatic rings. The maximum absolute atomic E-state index is 12.7. The summed E-state index contributed by atoms with van der Waals surface area (Å²) in [5.74, 6) is -0.0250. The van der Waals surface area contributed by atoms with Gasteiger partial charge in [-0.15, -0.1) is 0 Å². The number of carbonyl (C=O) groups excluding carboxylic acids is 1. The smallest absolute Gasteiger partial charge is 0.226 e. The zero-order chi connectivity index (χ0) is 17.1. The van der Waals surface area contributed by atoms with Crippen LogP contribution in [0.5, 0.6) is 0 Å². The summed E-state index contributed by atoms with van der Waals surface area (Å²) in [6.07, 6.45) is 6.10. The minimum atomic E-state index is -0.0250. The molecule has 0 spiro atoms. The van der Waals surface area contributed by atoms with Crippen LogP contribution in [0, 0.1) is 0 Å². The molecule has 0 bridgehead atoms. The fourth-order valence-electron chi connectivity index (χ4n) is 3.00. The van der Waals surface area contributed by atoms with Gasteiger partial charge < -0.3 is 9.88 Å². The molecular weight excluding hydrogens is 330 g/mol. The molecule has 3 heterocycles. The van der Waals surface area contributed by atoms with Crippen LogP contribution in [0.4, 0.5) is 5.69 Å². The van der Waals surface area contributed by atoms with Crippen molar-refractivity contribution in [2.75, 3.05) is 5.32 Å². The topological polar surface area (TPSA) is 46.9 Å². The highest BCUT2D eigenvalue weighted by Gasteiger charge is 2.18. The number of nitrogens with zero attached hydrogens (tertiary/aromatic N) is 2. The molecule has 0 unspecified atom stereocenters. The average molecular weight is 347 g/mol. The normalized spacial score (nSPS) is 12.2. The van der Waals surface area contributed by atoms with E-state index in [9.17, 15) is 4.79 Å². The first-order valence-electron chi connectivity index (χ1n) is 8.09. The van der Waals surface area contributed by atoms with Crippen molar-refractivity contribution in [1.82, 2.24) is 9.55 Å². The molecule has 1 atom stereocenters. The second-order valence-electron chi connectivity index (χ2n) is 5.84. The van der Waals surface area contributed by atoms with Crippen LogP contribution in [0.3, 0.4) is 0 Å². The summed E-state index contributed by atoms with van der Waals surface area (Å²) < 4.78 is 2.07. The van der Waals surface area contributed by atoms with E-state index in [1.54, 1.807) is 17.5 Å². The molecule has 1 amide bonds. The van der Waals surface area contributed by atoms with Crippen LogP contribution in [0.25, 0.3) is 10.9 Å². The SMILES string of the molecule is O=C(C[C@H](c1ccsc1)n1cccc1)Nc1cccc2cccnc12. The lowest BCUT2D eigenvalue weighted by Gasteiger charge is -2.18. The summed E-state index contributed by atoms with van der Waals surface area (Å²) in [5.41, 5.74) is 2.71. The Morgan fingerprint density at radius 3 is 2.76 bits per heavy atom. The number of rotatable bonds is 5. The summed E-state index contributed by atoms with van der Waals surface area (Å²) >= 11 is 1.64. The van der Waals surface area contributed by atoms with Gasteiger partial charge in [0.15, 0.2) is 0 Å². The van der Waals surface area contributed by atoms with E-state index < -0.39 is 0 Å². The van der Waals surface area contributed by atoms with E-state index in [0.717, 1.165) is 22.2 Å². The van der Waals surface area contributed by atoms with E-state index in [2.05, 4.69) is 26.3 Å². The number of pyridine rings is 1. The van der Waals surface area contributed by atoms with Gasteiger partial charge in [-0.2, -0.15) is 11.3 Å². The predicted molar refractivity (Wildman–Crippen MR) is 102 cm³/mol. The van der Waals surface area contributed by atoms with Gasteiger partial charge in [0.2, 0.25) is 5.91 Å². The van der Waals surface area contributed by atoms with Crippen LogP contribution in [-0.4, -0.2) is 15.5 Å². The van der Waals surface area contributed by atoms with Gasteiger partial charge in [-0.3, -0.25) is 9.78 Å². The molecule has 124 valence electrons. The minimum absolute atomic E-state index is 0.0100. The van der Waals surface area contributed by atoms with E-state index in [-0.39, 0.29) is 11.9 Å². The Hall–Kier alpha value is -2.92. The third kappa shape index (κ3) is 3.32. The number of amides is 1. The Bertz CT molecular complexity index is 938. The zero-order valence-electron chi connectivity index (χ0n) is 13.5. The van der Waals surface area contributed by atoms with Crippen molar-refractivity contribution in [2.45, 2.75) is 12.5 Å². The van der Waals surface area contributed by atoms with Crippen molar-refractivity contribution in [3.05, 3.63) is 83.4 Å². The van der Waals surface area contributed by atoms with Gasteiger partial charge in [-0.25, -0.2) is 0 Å². The largest absolute Gasteiger partial charge is 0.346 e. The molecule has 0 aliphatic carbocycles. The van der Waals surface area contributed by atoms with Gasteiger partial charge >= 0.3 is 0 Å². The number of hydrogen-bond acceptors (Lipinski definition) is 3. The second-order valence-corrected chi connectivity index (χ2v) is 6.62. The van der Waals surface area contributed by atoms with Crippen LogP contribution >= 0.6 is 11.3 Å². The number of anilines is 1. The van der Waals surface area contributed by atoms with Crippen LogP contribution in [0.2, 0.25) is 0 Å². The molecule has 5 heteroatoms. The molecule has 0 radical (unpaired) electrons. The number of thiophene rings is 1. The molecule has 4 nitrogen and oxygen atoms in total. The zero-order valence-corrected chi connectivity index (χ0v) is 14.3. The first-order valence-corrected chi connectivity index (χ1v) is 9.04. The van der Waals surface area contributed by atoms with Gasteiger partial charge in [-0.1, -0.05) is 18.2 Å². The van der Waals surface area contributed by atoms with E-state index in [1.807, 2.05) is 60.2 Å². The molecule has 0 aliphatic heterocycles. The minimum Gasteiger partial charge on any atom is -0.346 e. The van der Waals surface area contributed by atoms with Crippen LogP contribution in [-0.2, 0) is 4.79 Å². The first-order chi connectivity index (χ1) is 12.3. The standard InChI is InChI=1S/C20H17N3OS/c24-19(22-17-7-3-5-15-6-4-9-21-20(15)17)13-18(16-8-12-25-14-16)23-10-1-2-11-23/h1-12,14,18H,13H2,(H,22,24)/t18-/m1/s1. The Morgan fingerprint density at radius 1 is 1.12 bits per heavy atom. The Balaban J connectivity index is 1.58. The lowest BCUT2D eigenvalue weighted by atomic mass is 10.1. The highest BCUT2D eigenvalue weighted by Crippen LogP contribution is 2.26. The third-order valence-electron chi connectivity index (χ3n) is 4.20. The van der Waals surface area contributed by atoms with Crippen LogP contribution in [0.15, 0.2) is 77.9 Å². The molecule has 1 N–H and O–H groups in total. The van der Waals surface area contributed by atoms with Crippen molar-refractivity contribution < 1.29 is 4.79 Å². The van der Waals surface area contributed by atoms with E-state index in [1.165, 1.54) is 0 Å². The highest BCUT2D eigenvalue weighted by molar-refractivity contribution is 7.08. The number of fused-ring (bicyclic) bond motifs is 1. The van der Waals surface area contributed by atoms with E-state index >= 15 is 0 Å². The Kier molecular flexibility index (Phi) is 4.31. The van der Waals surface area contributed by atoms with Crippen LogP contribution in [0.1, 0.15) is 18.0 Å². The van der Waals surface area contributed by atoms with Crippen molar-refractivity contribution in [1.29, 1.82) is 0 Å². The molecule has 0 saturated heterocycles. The Labute approximate surface area is 149 Å². The van der Waals surface area contributed by atoms with Crippen LogP contribution < -0.4 is 5.32 Å². The molecule has 4 aromatic rings. The lowest BCUT2D eigenvalue weighted by Crippen LogP contribution is -2.19. The molecular formula is C20H17N3OS. The average Bonchev–Trinajstić information content (AvgIpc) is 3.34. The van der Waals surface area contributed by atoms with Crippen molar-refractivity contribution in [3.8, 4) is 0 Å². The van der Waals surface area contributed by atoms with Crippen molar-refractivity contribution in [2.24, 2.45) is 0 Å². The molecule has 4 rings (SSSR count). The number of hydrogen-bond donors (Lipinski definition) is 1. The fourth-order valence-corrected chi connectivity index (χ4v) is 3.70. The van der Waals surface area contributed by atoms with Gasteiger partial charge in [-0.05, 0) is 46.7 Å². The van der Waals surface area contributed by atoms with Crippen molar-refractivity contribution in [3.63, 3.8) is 0 Å². The number of carbonyl (C=O) groups is 1. The maximum Gasteiger partial charge on any atom is 0.226 e. The van der Waals surface area contributed by atoms with E-state index in [4.69, 9.17) is 0 Å². The van der Waals surface area contributed by atoms with Gasteiger partial charge in [0, 0.05) is 24.0 Å². The third-order valence-corrected chi connectivity index (χ3v) is 4.90. The molecule has 0 fully saturated rings. The van der Waals surface area contributed by atoms with Gasteiger partial charge in [0.25, 0.3) is 0 Å². The van der Waals surface area contributed by atoms with E-state index in [0.29, 0.717) is 6.42 Å². The second kappa shape index (κ2) is 6.91. The lowest BCUT2D eigenvalue weighted by molar-refractivity contribution is -0.116. The maximum atomic E-state index is 12.7. The molecule has 3 aromatic heterocycles. The first kappa shape index (κ1) is 15.6. The predicted octanol–water partition coefficient (Wildman–Crippen LogP) is 4.72. The molecule has 0 saturated carbocycles. The fraction of sp³-hybridized carbons (Fsp3) is 0.100. The number of para-hydroxylation sites is 1. The number of benzene rings is 1. The number of nitrogens with one attached hydrogen (secondary N) is 1. The van der Waals surface area contributed by atoms with Gasteiger partial charge in [0.05, 0.1) is 23.7 Å². The van der Waals surface area contributed by atoms with Crippen molar-refractivity contribution >= 4 is 33.8 Å². The summed E-state index contributed by atoms with van der Waals surface area (Å²) in [7, 11) is 0.